The quantitative estimate of drug-likeness (QED) is 0.472. The molecule has 1 aromatic carbocycles. The van der Waals surface area contributed by atoms with Crippen LogP contribution in [0, 0.1) is 5.82 Å². The van der Waals surface area contributed by atoms with Crippen LogP contribution >= 0.6 is 0 Å². The third-order valence-electron chi connectivity index (χ3n) is 2.19. The Bertz CT molecular complexity index is 460. The van der Waals surface area contributed by atoms with E-state index >= 15 is 0 Å². The molecule has 1 aromatic rings. The van der Waals surface area contributed by atoms with E-state index in [4.69, 9.17) is 15.7 Å². The van der Waals surface area contributed by atoms with Crippen LogP contribution < -0.4 is 10.5 Å². The fraction of sp³-hybridized carbons (Fsp3) is 0.273. The minimum absolute atomic E-state index is 0.103. The second-order valence-corrected chi connectivity index (χ2v) is 3.49. The second-order valence-electron chi connectivity index (χ2n) is 3.49. The van der Waals surface area contributed by atoms with Gasteiger partial charge in [0.25, 0.3) is 5.91 Å². The predicted octanol–water partition coefficient (Wildman–Crippen LogP) is 1.28. The largest absolute Gasteiger partial charge is 0.480 e. The Hall–Kier alpha value is -2.11. The Balaban J connectivity index is 3.12. The van der Waals surface area contributed by atoms with E-state index < -0.39 is 17.8 Å². The summed E-state index contributed by atoms with van der Waals surface area (Å²) in [5.74, 6) is -1.09. The molecule has 0 bridgehead atoms. The average molecular weight is 240 g/mol. The van der Waals surface area contributed by atoms with Crippen molar-refractivity contribution in [2.24, 2.45) is 10.9 Å². The van der Waals surface area contributed by atoms with Gasteiger partial charge < -0.3 is 15.7 Å². The van der Waals surface area contributed by atoms with Crippen molar-refractivity contribution in [1.82, 2.24) is 0 Å². The summed E-state index contributed by atoms with van der Waals surface area (Å²) < 4.78 is 18.3. The molecule has 0 radical (unpaired) electrons. The average Bonchev–Trinajstić information content (AvgIpc) is 2.28. The van der Waals surface area contributed by atoms with Crippen LogP contribution in [0.2, 0.25) is 0 Å². The molecule has 1 amide bonds. The van der Waals surface area contributed by atoms with Crippen LogP contribution in [-0.2, 0) is 4.79 Å². The van der Waals surface area contributed by atoms with Crippen molar-refractivity contribution >= 4 is 11.6 Å². The van der Waals surface area contributed by atoms with Gasteiger partial charge >= 0.3 is 0 Å². The summed E-state index contributed by atoms with van der Waals surface area (Å²) in [5, 5.41) is 11.7. The molecule has 92 valence electrons. The van der Waals surface area contributed by atoms with Crippen molar-refractivity contribution in [2.45, 2.75) is 20.0 Å². The maximum atomic E-state index is 13.1. The van der Waals surface area contributed by atoms with Gasteiger partial charge in [0.05, 0.1) is 5.71 Å². The van der Waals surface area contributed by atoms with Gasteiger partial charge in [0.1, 0.15) is 11.6 Å². The zero-order valence-electron chi connectivity index (χ0n) is 9.48. The molecule has 0 fully saturated rings. The summed E-state index contributed by atoms with van der Waals surface area (Å²) in [6.07, 6.45) is -0.901. The molecule has 0 aliphatic carbocycles. The summed E-state index contributed by atoms with van der Waals surface area (Å²) in [6, 6.07) is 3.70. The zero-order valence-corrected chi connectivity index (χ0v) is 9.48. The second kappa shape index (κ2) is 5.29. The highest BCUT2D eigenvalue weighted by molar-refractivity contribution is 6.00. The molecule has 0 saturated carbocycles. The first-order valence-corrected chi connectivity index (χ1v) is 4.90. The van der Waals surface area contributed by atoms with Crippen molar-refractivity contribution in [3.63, 3.8) is 0 Å². The van der Waals surface area contributed by atoms with Crippen LogP contribution in [0.25, 0.3) is 0 Å². The van der Waals surface area contributed by atoms with E-state index in [2.05, 4.69) is 5.16 Å². The Morgan fingerprint density at radius 3 is 2.76 bits per heavy atom. The monoisotopic (exact) mass is 240 g/mol. The number of benzene rings is 1. The van der Waals surface area contributed by atoms with Crippen molar-refractivity contribution in [3.8, 4) is 5.75 Å². The Labute approximate surface area is 97.7 Å². The Kier molecular flexibility index (Phi) is 4.03. The van der Waals surface area contributed by atoms with Gasteiger partial charge in [0.2, 0.25) is 0 Å². The molecular weight excluding hydrogens is 227 g/mol. The maximum Gasteiger partial charge on any atom is 0.258 e. The smallest absolute Gasteiger partial charge is 0.258 e. The molecule has 1 rings (SSSR count). The van der Waals surface area contributed by atoms with Gasteiger partial charge in [-0.2, -0.15) is 0 Å². The van der Waals surface area contributed by atoms with E-state index in [1.807, 2.05) is 0 Å². The van der Waals surface area contributed by atoms with Gasteiger partial charge in [-0.05, 0) is 26.0 Å². The molecular formula is C11H13FN2O3. The number of nitrogens with zero attached hydrogens (tertiary/aromatic N) is 1. The minimum atomic E-state index is -0.901. The topological polar surface area (TPSA) is 84.9 Å². The molecule has 1 unspecified atom stereocenters. The molecule has 1 atom stereocenters. The number of rotatable bonds is 4. The summed E-state index contributed by atoms with van der Waals surface area (Å²) in [7, 11) is 0. The van der Waals surface area contributed by atoms with Gasteiger partial charge in [0, 0.05) is 11.6 Å². The van der Waals surface area contributed by atoms with Crippen LogP contribution in [-0.4, -0.2) is 22.9 Å². The fourth-order valence-electron chi connectivity index (χ4n) is 1.19. The molecule has 0 aliphatic heterocycles. The lowest BCUT2D eigenvalue weighted by Crippen LogP contribution is -2.31. The highest BCUT2D eigenvalue weighted by Gasteiger charge is 2.15. The molecule has 6 heteroatoms. The molecule has 0 saturated heterocycles. The maximum absolute atomic E-state index is 13.1. The SMILES string of the molecule is CC(=NO)c1ccc(F)cc1OC(C)C(N)=O. The number of carbonyl (C=O) groups excluding carboxylic acids is 1. The summed E-state index contributed by atoms with van der Waals surface area (Å²) >= 11 is 0. The number of amides is 1. The third kappa shape index (κ3) is 3.17. The van der Waals surface area contributed by atoms with Gasteiger partial charge in [-0.3, -0.25) is 4.79 Å². The fourth-order valence-corrected chi connectivity index (χ4v) is 1.19. The van der Waals surface area contributed by atoms with Crippen molar-refractivity contribution in [3.05, 3.63) is 29.6 Å². The van der Waals surface area contributed by atoms with E-state index in [-0.39, 0.29) is 11.5 Å². The standard InChI is InChI=1S/C11H13FN2O3/c1-6(14-16)9-4-3-8(12)5-10(9)17-7(2)11(13)15/h3-5,7,16H,1-2H3,(H2,13,15). The zero-order chi connectivity index (χ0) is 13.0. The number of oxime groups is 1. The lowest BCUT2D eigenvalue weighted by molar-refractivity contribution is -0.123. The van der Waals surface area contributed by atoms with E-state index in [0.29, 0.717) is 5.56 Å². The summed E-state index contributed by atoms with van der Waals surface area (Å²) in [5.41, 5.74) is 5.68. The van der Waals surface area contributed by atoms with Crippen molar-refractivity contribution in [2.75, 3.05) is 0 Å². The first-order valence-electron chi connectivity index (χ1n) is 4.90. The van der Waals surface area contributed by atoms with Gasteiger partial charge in [-0.15, -0.1) is 0 Å². The number of hydrogen-bond acceptors (Lipinski definition) is 4. The third-order valence-corrected chi connectivity index (χ3v) is 2.19. The minimum Gasteiger partial charge on any atom is -0.480 e. The first-order chi connectivity index (χ1) is 7.95. The lowest BCUT2D eigenvalue weighted by atomic mass is 10.1. The highest BCUT2D eigenvalue weighted by Crippen LogP contribution is 2.22. The molecule has 17 heavy (non-hydrogen) atoms. The first kappa shape index (κ1) is 13.0. The van der Waals surface area contributed by atoms with Gasteiger partial charge in [0.15, 0.2) is 6.10 Å². The lowest BCUT2D eigenvalue weighted by Gasteiger charge is -2.14. The van der Waals surface area contributed by atoms with Crippen LogP contribution in [0.3, 0.4) is 0 Å². The van der Waals surface area contributed by atoms with E-state index in [9.17, 15) is 9.18 Å². The molecule has 0 aliphatic rings. The van der Waals surface area contributed by atoms with Crippen molar-refractivity contribution in [1.29, 1.82) is 0 Å². The number of nitrogens with two attached hydrogens (primary N) is 1. The van der Waals surface area contributed by atoms with Crippen LogP contribution in [0.1, 0.15) is 19.4 Å². The van der Waals surface area contributed by atoms with Crippen molar-refractivity contribution < 1.29 is 19.1 Å². The highest BCUT2D eigenvalue weighted by atomic mass is 19.1. The van der Waals surface area contributed by atoms with Gasteiger partial charge in [-0.1, -0.05) is 5.16 Å². The van der Waals surface area contributed by atoms with E-state index in [1.54, 1.807) is 0 Å². The number of halogens is 1. The molecule has 5 nitrogen and oxygen atoms in total. The predicted molar refractivity (Wildman–Crippen MR) is 59.7 cm³/mol. The number of primary amides is 1. The molecule has 0 heterocycles. The number of hydrogen-bond donors (Lipinski definition) is 2. The van der Waals surface area contributed by atoms with E-state index in [1.165, 1.54) is 26.0 Å². The summed E-state index contributed by atoms with van der Waals surface area (Å²) in [6.45, 7) is 2.97. The summed E-state index contributed by atoms with van der Waals surface area (Å²) in [4.78, 5) is 10.9. The Morgan fingerprint density at radius 2 is 2.24 bits per heavy atom. The molecule has 0 aromatic heterocycles. The normalized spacial score (nSPS) is 13.2. The Morgan fingerprint density at radius 1 is 1.59 bits per heavy atom. The number of ether oxygens (including phenoxy) is 1. The van der Waals surface area contributed by atoms with Gasteiger partial charge in [-0.25, -0.2) is 4.39 Å². The van der Waals surface area contributed by atoms with Crippen LogP contribution in [0.4, 0.5) is 4.39 Å². The molecule has 3 N–H and O–H groups in total. The number of carbonyl (C=O) groups is 1. The van der Waals surface area contributed by atoms with E-state index in [0.717, 1.165) is 6.07 Å². The van der Waals surface area contributed by atoms with Crippen LogP contribution in [0.15, 0.2) is 23.4 Å². The molecule has 0 spiro atoms. The van der Waals surface area contributed by atoms with Crippen LogP contribution in [0.5, 0.6) is 5.75 Å².